The number of carbonyl (C=O) groups excluding carboxylic acids is 3. The number of unbranched alkanes of at least 4 members (excludes halogenated alkanes) is 3. The molecule has 3 aromatic rings. The lowest BCUT2D eigenvalue weighted by atomic mass is 9.84. The molecule has 9 heteroatoms. The molecule has 0 unspecified atom stereocenters. The van der Waals surface area contributed by atoms with Gasteiger partial charge in [-0.2, -0.15) is 0 Å². The monoisotopic (exact) mass is 505 g/mol. The molecule has 194 valence electrons. The standard InChI is InChI=1S/C28H31N3O6/c1-2-3-4-5-12-28(19-35-25(32)22-9-6-13-29-16-22,20-36-26(33)23-10-7-14-30-17-23)21-37-27(34)24-11-8-15-31-18-24/h6-11,13-18H,2-5,12,19-21H2,1H3. The summed E-state index contributed by atoms with van der Waals surface area (Å²) >= 11 is 0. The summed E-state index contributed by atoms with van der Waals surface area (Å²) in [5, 5.41) is 0. The number of pyridine rings is 3. The molecule has 37 heavy (non-hydrogen) atoms. The van der Waals surface area contributed by atoms with E-state index in [2.05, 4.69) is 21.9 Å². The van der Waals surface area contributed by atoms with Gasteiger partial charge in [0, 0.05) is 37.2 Å². The highest BCUT2D eigenvalue weighted by atomic mass is 16.6. The summed E-state index contributed by atoms with van der Waals surface area (Å²) < 4.78 is 16.9. The molecule has 0 radical (unpaired) electrons. The summed E-state index contributed by atoms with van der Waals surface area (Å²) in [6.45, 7) is 1.75. The quantitative estimate of drug-likeness (QED) is 0.174. The Balaban J connectivity index is 1.79. The number of rotatable bonds is 14. The zero-order chi connectivity index (χ0) is 26.3. The lowest BCUT2D eigenvalue weighted by molar-refractivity contribution is -0.0411. The SMILES string of the molecule is CCCCCCC(COC(=O)c1cccnc1)(COC(=O)c1cccnc1)COC(=O)c1cccnc1. The molecule has 0 amide bonds. The third kappa shape index (κ3) is 8.79. The van der Waals surface area contributed by atoms with Gasteiger partial charge >= 0.3 is 17.9 Å². The highest BCUT2D eigenvalue weighted by Gasteiger charge is 2.36. The molecular weight excluding hydrogens is 474 g/mol. The Bertz CT molecular complexity index is 992. The number of hydrogen-bond donors (Lipinski definition) is 0. The Labute approximate surface area is 216 Å². The topological polar surface area (TPSA) is 118 Å². The average molecular weight is 506 g/mol. The minimum absolute atomic E-state index is 0.118. The van der Waals surface area contributed by atoms with Gasteiger partial charge in [-0.15, -0.1) is 0 Å². The number of esters is 3. The van der Waals surface area contributed by atoms with Crippen molar-refractivity contribution in [1.29, 1.82) is 0 Å². The number of hydrogen-bond acceptors (Lipinski definition) is 9. The first-order valence-corrected chi connectivity index (χ1v) is 12.2. The van der Waals surface area contributed by atoms with Gasteiger partial charge in [-0.25, -0.2) is 14.4 Å². The maximum Gasteiger partial charge on any atom is 0.339 e. The lowest BCUT2D eigenvalue weighted by Gasteiger charge is -2.32. The van der Waals surface area contributed by atoms with Crippen LogP contribution in [0.25, 0.3) is 0 Å². The van der Waals surface area contributed by atoms with Crippen molar-refractivity contribution >= 4 is 17.9 Å². The third-order valence-corrected chi connectivity index (χ3v) is 5.78. The van der Waals surface area contributed by atoms with E-state index in [1.165, 1.54) is 18.6 Å². The molecule has 0 atom stereocenters. The first-order chi connectivity index (χ1) is 18.0. The Morgan fingerprint density at radius 2 is 1.05 bits per heavy atom. The van der Waals surface area contributed by atoms with Crippen LogP contribution >= 0.6 is 0 Å². The van der Waals surface area contributed by atoms with Crippen LogP contribution in [-0.2, 0) is 14.2 Å². The van der Waals surface area contributed by atoms with Crippen molar-refractivity contribution in [3.05, 3.63) is 90.3 Å². The highest BCUT2D eigenvalue weighted by Crippen LogP contribution is 2.29. The van der Waals surface area contributed by atoms with Crippen LogP contribution < -0.4 is 0 Å². The fourth-order valence-electron chi connectivity index (χ4n) is 3.62. The van der Waals surface area contributed by atoms with Gasteiger partial charge in [0.05, 0.1) is 22.1 Å². The van der Waals surface area contributed by atoms with Crippen molar-refractivity contribution in [1.82, 2.24) is 15.0 Å². The molecular formula is C28H31N3O6. The van der Waals surface area contributed by atoms with Crippen molar-refractivity contribution < 1.29 is 28.6 Å². The van der Waals surface area contributed by atoms with E-state index < -0.39 is 23.3 Å². The zero-order valence-corrected chi connectivity index (χ0v) is 20.9. The molecule has 0 saturated heterocycles. The highest BCUT2D eigenvalue weighted by molar-refractivity contribution is 5.90. The average Bonchev–Trinajstić information content (AvgIpc) is 2.96. The van der Waals surface area contributed by atoms with E-state index in [1.807, 2.05) is 0 Å². The van der Waals surface area contributed by atoms with E-state index in [4.69, 9.17) is 14.2 Å². The molecule has 0 aliphatic rings. The summed E-state index contributed by atoms with van der Waals surface area (Å²) in [4.78, 5) is 49.9. The first-order valence-electron chi connectivity index (χ1n) is 12.2. The summed E-state index contributed by atoms with van der Waals surface area (Å²) in [5.41, 5.74) is -0.0762. The van der Waals surface area contributed by atoms with Crippen LogP contribution in [0.3, 0.4) is 0 Å². The van der Waals surface area contributed by atoms with Crippen molar-refractivity contribution in [2.45, 2.75) is 39.0 Å². The normalized spacial score (nSPS) is 10.9. The number of aromatic nitrogens is 3. The molecule has 0 fully saturated rings. The van der Waals surface area contributed by atoms with E-state index in [0.717, 1.165) is 25.7 Å². The van der Waals surface area contributed by atoms with Gasteiger partial charge in [-0.1, -0.05) is 32.6 Å². The molecule has 0 aromatic carbocycles. The summed E-state index contributed by atoms with van der Waals surface area (Å²) in [5.74, 6) is -1.70. The van der Waals surface area contributed by atoms with Crippen molar-refractivity contribution in [2.24, 2.45) is 5.41 Å². The molecule has 0 bridgehead atoms. The smallest absolute Gasteiger partial charge is 0.339 e. The van der Waals surface area contributed by atoms with E-state index >= 15 is 0 Å². The lowest BCUT2D eigenvalue weighted by Crippen LogP contribution is -2.39. The molecule has 0 saturated carbocycles. The van der Waals surface area contributed by atoms with Crippen LogP contribution in [-0.4, -0.2) is 52.7 Å². The minimum Gasteiger partial charge on any atom is -0.461 e. The summed E-state index contributed by atoms with van der Waals surface area (Å²) in [7, 11) is 0. The summed E-state index contributed by atoms with van der Waals surface area (Å²) in [6, 6.07) is 9.72. The van der Waals surface area contributed by atoms with Crippen LogP contribution in [0.4, 0.5) is 0 Å². The van der Waals surface area contributed by atoms with Gasteiger partial charge in [0.25, 0.3) is 0 Å². The maximum atomic E-state index is 12.7. The van der Waals surface area contributed by atoms with Gasteiger partial charge < -0.3 is 14.2 Å². The summed E-state index contributed by atoms with van der Waals surface area (Å²) in [6.07, 6.45) is 13.2. The maximum absolute atomic E-state index is 12.7. The Morgan fingerprint density at radius 1 is 0.649 bits per heavy atom. The molecule has 0 aliphatic carbocycles. The molecule has 3 heterocycles. The predicted octanol–water partition coefficient (Wildman–Crippen LogP) is 4.70. The zero-order valence-electron chi connectivity index (χ0n) is 20.9. The Kier molecular flexibility index (Phi) is 10.7. The van der Waals surface area contributed by atoms with Crippen LogP contribution in [0.5, 0.6) is 0 Å². The molecule has 0 spiro atoms. The second-order valence-electron chi connectivity index (χ2n) is 8.76. The predicted molar refractivity (Wildman–Crippen MR) is 135 cm³/mol. The van der Waals surface area contributed by atoms with E-state index in [9.17, 15) is 14.4 Å². The van der Waals surface area contributed by atoms with Crippen LogP contribution in [0.2, 0.25) is 0 Å². The molecule has 3 aromatic heterocycles. The van der Waals surface area contributed by atoms with Crippen molar-refractivity contribution in [3.8, 4) is 0 Å². The molecule has 0 aliphatic heterocycles. The Hall–Kier alpha value is -4.14. The molecule has 0 N–H and O–H groups in total. The van der Waals surface area contributed by atoms with Gasteiger partial charge in [-0.05, 0) is 42.8 Å². The molecule has 9 nitrogen and oxygen atoms in total. The Morgan fingerprint density at radius 3 is 1.38 bits per heavy atom. The molecule has 3 rings (SSSR count). The van der Waals surface area contributed by atoms with E-state index in [0.29, 0.717) is 23.1 Å². The van der Waals surface area contributed by atoms with E-state index in [1.54, 1.807) is 55.0 Å². The number of nitrogens with zero attached hydrogens (tertiary/aromatic N) is 3. The van der Waals surface area contributed by atoms with E-state index in [-0.39, 0.29) is 19.8 Å². The largest absolute Gasteiger partial charge is 0.461 e. The van der Waals surface area contributed by atoms with Crippen molar-refractivity contribution in [3.63, 3.8) is 0 Å². The van der Waals surface area contributed by atoms with Crippen molar-refractivity contribution in [2.75, 3.05) is 19.8 Å². The van der Waals surface area contributed by atoms with Gasteiger partial charge in [0.2, 0.25) is 0 Å². The van der Waals surface area contributed by atoms with Crippen LogP contribution in [0, 0.1) is 5.41 Å². The minimum atomic E-state index is -0.957. The van der Waals surface area contributed by atoms with Gasteiger partial charge in [-0.3, -0.25) is 15.0 Å². The van der Waals surface area contributed by atoms with Crippen LogP contribution in [0.15, 0.2) is 73.6 Å². The van der Waals surface area contributed by atoms with Gasteiger partial charge in [0.15, 0.2) is 0 Å². The second-order valence-corrected chi connectivity index (χ2v) is 8.76. The first kappa shape index (κ1) is 27.4. The van der Waals surface area contributed by atoms with Gasteiger partial charge in [0.1, 0.15) is 19.8 Å². The van der Waals surface area contributed by atoms with Crippen LogP contribution in [0.1, 0.15) is 70.1 Å². The second kappa shape index (κ2) is 14.4. The fourth-order valence-corrected chi connectivity index (χ4v) is 3.62. The fraction of sp³-hybridized carbons (Fsp3) is 0.357. The number of ether oxygens (including phenoxy) is 3. The number of carbonyl (C=O) groups is 3. The third-order valence-electron chi connectivity index (χ3n) is 5.78.